The molecule has 0 saturated carbocycles. The number of aromatic nitrogens is 2. The van der Waals surface area contributed by atoms with Gasteiger partial charge in [0.1, 0.15) is 18.1 Å². The molecule has 1 aromatic heterocycles. The largest absolute Gasteiger partial charge is 0.294 e. The van der Waals surface area contributed by atoms with Crippen LogP contribution in [0.2, 0.25) is 0 Å². The third-order valence-corrected chi connectivity index (χ3v) is 5.92. The topological polar surface area (TPSA) is 8.81 Å². The van der Waals surface area contributed by atoms with Crippen molar-refractivity contribution in [2.75, 3.05) is 0 Å². The lowest BCUT2D eigenvalue weighted by molar-refractivity contribution is -0.659. The number of aryl methyl sites for hydroxylation is 2. The maximum atomic E-state index is 9.07. The van der Waals surface area contributed by atoms with Crippen molar-refractivity contribution in [1.29, 1.82) is 0 Å². The molecule has 31 heavy (non-hydrogen) atoms. The van der Waals surface area contributed by atoms with Crippen molar-refractivity contribution in [3.05, 3.63) is 95.8 Å². The Balaban J connectivity index is 2.12. The lowest BCUT2D eigenvalue weighted by Crippen LogP contribution is -2.29. The molecule has 0 unspecified atom stereocenters. The minimum atomic E-state index is -0.855. The summed E-state index contributed by atoms with van der Waals surface area (Å²) in [6.45, 7) is 9.84. The number of imidazole rings is 1. The number of nitrogens with zero attached hydrogens (tertiary/aromatic N) is 2. The standard InChI is InChI=1S/C29H33N2/c1-20(2)26-18-24(23-13-8-7-9-14-23)19-27(21(3)4)28(26)31-17-16-30(6)29(31)25-15-11-10-12-22(25)5/h7-21H,1-6H3/q+1/i20D,21D. The summed E-state index contributed by atoms with van der Waals surface area (Å²) >= 11 is 0. The molecule has 0 spiro atoms. The summed E-state index contributed by atoms with van der Waals surface area (Å²) in [6, 6.07) is 22.9. The molecule has 0 aliphatic rings. The monoisotopic (exact) mass is 411 g/mol. The van der Waals surface area contributed by atoms with Crippen LogP contribution in [0.1, 0.15) is 58.9 Å². The Morgan fingerprint density at radius 3 is 1.97 bits per heavy atom. The number of hydrogen-bond acceptors (Lipinski definition) is 0. The van der Waals surface area contributed by atoms with E-state index >= 15 is 0 Å². The third-order valence-electron chi connectivity index (χ3n) is 5.92. The first kappa shape index (κ1) is 18.6. The van der Waals surface area contributed by atoms with Crippen molar-refractivity contribution in [2.24, 2.45) is 7.05 Å². The summed E-state index contributed by atoms with van der Waals surface area (Å²) in [5, 5.41) is 0. The molecule has 0 atom stereocenters. The molecule has 1 heterocycles. The molecule has 4 rings (SSSR count). The fraction of sp³-hybridized carbons (Fsp3) is 0.276. The second kappa shape index (κ2) is 8.55. The van der Waals surface area contributed by atoms with Crippen molar-refractivity contribution in [1.82, 2.24) is 4.57 Å². The van der Waals surface area contributed by atoms with E-state index in [4.69, 9.17) is 2.74 Å². The van der Waals surface area contributed by atoms with E-state index in [1.54, 1.807) is 0 Å². The van der Waals surface area contributed by atoms with E-state index in [1.807, 2.05) is 59.1 Å². The third kappa shape index (κ3) is 3.95. The summed E-state index contributed by atoms with van der Waals surface area (Å²) in [4.78, 5) is 0. The van der Waals surface area contributed by atoms with Gasteiger partial charge in [-0.1, -0.05) is 76.2 Å². The zero-order valence-electron chi connectivity index (χ0n) is 21.4. The first-order chi connectivity index (χ1) is 15.5. The van der Waals surface area contributed by atoms with Gasteiger partial charge in [-0.3, -0.25) is 0 Å². The van der Waals surface area contributed by atoms with Gasteiger partial charge >= 0.3 is 0 Å². The van der Waals surface area contributed by atoms with Crippen LogP contribution < -0.4 is 4.57 Å². The van der Waals surface area contributed by atoms with E-state index < -0.39 is 11.8 Å². The van der Waals surface area contributed by atoms with Gasteiger partial charge in [0.25, 0.3) is 5.82 Å². The van der Waals surface area contributed by atoms with Crippen molar-refractivity contribution in [2.45, 2.75) is 46.4 Å². The molecule has 0 bridgehead atoms. The highest BCUT2D eigenvalue weighted by atomic mass is 15.1. The van der Waals surface area contributed by atoms with Gasteiger partial charge in [0.15, 0.2) is 0 Å². The second-order valence-electron chi connectivity index (χ2n) is 8.70. The maximum Gasteiger partial charge on any atom is 0.294 e. The number of benzene rings is 3. The molecule has 0 amide bonds. The molecule has 3 aromatic carbocycles. The van der Waals surface area contributed by atoms with Crippen LogP contribution in [0.3, 0.4) is 0 Å². The molecular weight excluding hydrogens is 376 g/mol. The smallest absolute Gasteiger partial charge is 0.232 e. The van der Waals surface area contributed by atoms with Gasteiger partial charge in [-0.05, 0) is 53.6 Å². The molecule has 2 heteroatoms. The van der Waals surface area contributed by atoms with Gasteiger partial charge < -0.3 is 0 Å². The van der Waals surface area contributed by atoms with E-state index in [1.165, 1.54) is 5.56 Å². The highest BCUT2D eigenvalue weighted by molar-refractivity contribution is 5.71. The van der Waals surface area contributed by atoms with Gasteiger partial charge in [0.05, 0.1) is 12.6 Å². The summed E-state index contributed by atoms with van der Waals surface area (Å²) in [7, 11) is 2.05. The fourth-order valence-electron chi connectivity index (χ4n) is 4.26. The Labute approximate surface area is 189 Å². The van der Waals surface area contributed by atoms with E-state index in [0.717, 1.165) is 39.3 Å². The minimum Gasteiger partial charge on any atom is -0.232 e. The molecule has 0 radical (unpaired) electrons. The Kier molecular flexibility index (Phi) is 5.13. The van der Waals surface area contributed by atoms with Crippen LogP contribution in [0.25, 0.3) is 28.2 Å². The van der Waals surface area contributed by atoms with Crippen LogP contribution in [0.15, 0.2) is 79.1 Å². The van der Waals surface area contributed by atoms with Crippen LogP contribution in [-0.2, 0) is 7.05 Å². The Hall–Kier alpha value is -3.13. The number of hydrogen-bond donors (Lipinski definition) is 0. The fourth-order valence-corrected chi connectivity index (χ4v) is 4.26. The normalized spacial score (nSPS) is 13.1. The lowest BCUT2D eigenvalue weighted by Gasteiger charge is -2.20. The Bertz CT molecular complexity index is 1250. The van der Waals surface area contributed by atoms with Crippen molar-refractivity contribution in [3.8, 4) is 28.2 Å². The number of rotatable bonds is 5. The molecule has 0 aliphatic carbocycles. The van der Waals surface area contributed by atoms with Crippen molar-refractivity contribution < 1.29 is 7.31 Å². The van der Waals surface area contributed by atoms with Crippen LogP contribution in [0.4, 0.5) is 0 Å². The highest BCUT2D eigenvalue weighted by Crippen LogP contribution is 2.37. The quantitative estimate of drug-likeness (QED) is 0.307. The summed E-state index contributed by atoms with van der Waals surface area (Å²) in [6.07, 6.45) is 4.11. The highest BCUT2D eigenvalue weighted by Gasteiger charge is 2.27. The van der Waals surface area contributed by atoms with E-state index in [0.29, 0.717) is 0 Å². The second-order valence-corrected chi connectivity index (χ2v) is 8.70. The molecule has 2 nitrogen and oxygen atoms in total. The Morgan fingerprint density at radius 2 is 1.39 bits per heavy atom. The predicted molar refractivity (Wildman–Crippen MR) is 131 cm³/mol. The van der Waals surface area contributed by atoms with E-state index in [-0.39, 0.29) is 0 Å². The van der Waals surface area contributed by atoms with E-state index in [2.05, 4.69) is 70.8 Å². The molecule has 4 aromatic rings. The van der Waals surface area contributed by atoms with Crippen molar-refractivity contribution >= 4 is 0 Å². The first-order valence-electron chi connectivity index (χ1n) is 11.9. The summed E-state index contributed by atoms with van der Waals surface area (Å²) < 4.78 is 22.4. The van der Waals surface area contributed by atoms with Gasteiger partial charge in [-0.15, -0.1) is 0 Å². The molecular formula is C29H33N2+. The van der Waals surface area contributed by atoms with Crippen LogP contribution in [0, 0.1) is 6.92 Å². The average molecular weight is 412 g/mol. The van der Waals surface area contributed by atoms with Crippen LogP contribution >= 0.6 is 0 Å². The first-order valence-corrected chi connectivity index (χ1v) is 10.9. The average Bonchev–Trinajstić information content (AvgIpc) is 3.13. The zero-order valence-corrected chi connectivity index (χ0v) is 19.4. The van der Waals surface area contributed by atoms with Gasteiger partial charge in [-0.2, -0.15) is 4.57 Å². The van der Waals surface area contributed by atoms with Crippen molar-refractivity contribution in [3.63, 3.8) is 0 Å². The summed E-state index contributed by atoms with van der Waals surface area (Å²) in [5.41, 5.74) is 7.20. The molecule has 158 valence electrons. The molecule has 0 saturated heterocycles. The summed E-state index contributed by atoms with van der Waals surface area (Å²) in [5.74, 6) is -0.672. The lowest BCUT2D eigenvalue weighted by atomic mass is 9.88. The molecule has 0 aliphatic heterocycles. The Morgan fingerprint density at radius 1 is 0.806 bits per heavy atom. The molecule has 0 N–H and O–H groups in total. The minimum absolute atomic E-state index is 0.855. The van der Waals surface area contributed by atoms with Gasteiger partial charge in [0.2, 0.25) is 0 Å². The SMILES string of the molecule is [2H]C(C)(C)c1cc(-c2ccccc2)cc(C([2H])(C)C)c1-n1cc[n+](C)c1-c1ccccc1C. The molecule has 0 fully saturated rings. The van der Waals surface area contributed by atoms with Gasteiger partial charge in [-0.25, -0.2) is 4.57 Å². The van der Waals surface area contributed by atoms with Crippen LogP contribution in [0.5, 0.6) is 0 Å². The van der Waals surface area contributed by atoms with E-state index in [9.17, 15) is 0 Å². The maximum absolute atomic E-state index is 9.07. The van der Waals surface area contributed by atoms with Crippen LogP contribution in [-0.4, -0.2) is 4.57 Å². The van der Waals surface area contributed by atoms with Gasteiger partial charge in [0, 0.05) is 13.9 Å². The predicted octanol–water partition coefficient (Wildman–Crippen LogP) is 7.19. The zero-order chi connectivity index (χ0) is 24.0.